The number of aryl methyl sites for hydroxylation is 1. The molecule has 0 aliphatic rings. The lowest BCUT2D eigenvalue weighted by Gasteiger charge is -2.03. The number of nitrogens with two attached hydrogens (primary N) is 1. The highest BCUT2D eigenvalue weighted by Crippen LogP contribution is 2.31. The number of anilines is 1. The molecule has 0 unspecified atom stereocenters. The molecule has 0 atom stereocenters. The number of hydrogen-bond acceptors (Lipinski definition) is 3. The van der Waals surface area contributed by atoms with Crippen LogP contribution in [0.4, 0.5) is 10.2 Å². The minimum absolute atomic E-state index is 0.261. The van der Waals surface area contributed by atoms with E-state index in [1.807, 2.05) is 29.9 Å². The van der Waals surface area contributed by atoms with Gasteiger partial charge >= 0.3 is 0 Å². The second kappa shape index (κ2) is 5.36. The maximum absolute atomic E-state index is 13.1. The Balaban J connectivity index is 2.16. The van der Waals surface area contributed by atoms with Gasteiger partial charge in [0, 0.05) is 30.1 Å². The minimum atomic E-state index is -0.261. The molecule has 0 saturated carbocycles. The number of aromatic nitrogens is 3. The fourth-order valence-corrected chi connectivity index (χ4v) is 2.23. The highest BCUT2D eigenvalue weighted by atomic mass is 19.1. The van der Waals surface area contributed by atoms with Crippen molar-refractivity contribution in [2.45, 2.75) is 13.5 Å². The van der Waals surface area contributed by atoms with E-state index in [1.165, 1.54) is 12.1 Å². The van der Waals surface area contributed by atoms with Crippen LogP contribution < -0.4 is 5.73 Å². The molecule has 0 radical (unpaired) electrons. The number of nitrogens with zero attached hydrogens (tertiary/aromatic N) is 3. The average Bonchev–Trinajstić information content (AvgIpc) is 2.92. The first kappa shape index (κ1) is 13.3. The van der Waals surface area contributed by atoms with E-state index in [1.54, 1.807) is 18.3 Å². The lowest BCUT2D eigenvalue weighted by atomic mass is 10.0. The zero-order chi connectivity index (χ0) is 14.8. The third-order valence-corrected chi connectivity index (χ3v) is 3.30. The Hall–Kier alpha value is -2.69. The van der Waals surface area contributed by atoms with E-state index in [0.29, 0.717) is 5.82 Å². The molecule has 0 fully saturated rings. The summed E-state index contributed by atoms with van der Waals surface area (Å²) in [6.07, 6.45) is 3.63. The van der Waals surface area contributed by atoms with E-state index in [-0.39, 0.29) is 5.82 Å². The second-order valence-corrected chi connectivity index (χ2v) is 4.72. The summed E-state index contributed by atoms with van der Waals surface area (Å²) in [5.41, 5.74) is 9.34. The third-order valence-electron chi connectivity index (χ3n) is 3.30. The molecule has 0 aliphatic carbocycles. The maximum atomic E-state index is 13.1. The van der Waals surface area contributed by atoms with Crippen molar-refractivity contribution in [3.63, 3.8) is 0 Å². The number of benzene rings is 1. The molecule has 21 heavy (non-hydrogen) atoms. The van der Waals surface area contributed by atoms with Crippen molar-refractivity contribution in [3.05, 3.63) is 54.6 Å². The first-order chi connectivity index (χ1) is 10.2. The summed E-state index contributed by atoms with van der Waals surface area (Å²) in [6.45, 7) is 2.78. The molecule has 2 N–H and O–H groups in total. The molecule has 0 amide bonds. The average molecular weight is 282 g/mol. The number of pyridine rings is 1. The van der Waals surface area contributed by atoms with Crippen LogP contribution in [0.5, 0.6) is 0 Å². The van der Waals surface area contributed by atoms with E-state index >= 15 is 0 Å². The molecule has 2 aromatic heterocycles. The van der Waals surface area contributed by atoms with Gasteiger partial charge in [0.15, 0.2) is 0 Å². The lowest BCUT2D eigenvalue weighted by molar-refractivity contribution is 0.628. The Bertz CT molecular complexity index is 762. The topological polar surface area (TPSA) is 56.7 Å². The number of rotatable bonds is 3. The second-order valence-electron chi connectivity index (χ2n) is 4.72. The van der Waals surface area contributed by atoms with Gasteiger partial charge in [0.2, 0.25) is 0 Å². The smallest absolute Gasteiger partial charge is 0.123 e. The van der Waals surface area contributed by atoms with Crippen LogP contribution in [0.15, 0.2) is 48.8 Å². The highest BCUT2D eigenvalue weighted by Gasteiger charge is 2.13. The van der Waals surface area contributed by atoms with Gasteiger partial charge in [0.25, 0.3) is 0 Å². The monoisotopic (exact) mass is 282 g/mol. The van der Waals surface area contributed by atoms with Gasteiger partial charge in [-0.2, -0.15) is 5.10 Å². The van der Waals surface area contributed by atoms with Crippen molar-refractivity contribution in [2.24, 2.45) is 0 Å². The first-order valence-corrected chi connectivity index (χ1v) is 6.72. The van der Waals surface area contributed by atoms with E-state index in [4.69, 9.17) is 5.73 Å². The largest absolute Gasteiger partial charge is 0.384 e. The standard InChI is InChI=1S/C16H15FN4/c1-2-21-10-14(12-7-8-19-15(18)9-12)16(20-21)11-3-5-13(17)6-4-11/h3-10H,2H2,1H3,(H2,18,19). The molecule has 0 bridgehead atoms. The van der Waals surface area contributed by atoms with Gasteiger partial charge in [-0.25, -0.2) is 9.37 Å². The molecule has 2 heterocycles. The van der Waals surface area contributed by atoms with Crippen LogP contribution in [0, 0.1) is 5.82 Å². The van der Waals surface area contributed by atoms with Crippen LogP contribution in [0.2, 0.25) is 0 Å². The van der Waals surface area contributed by atoms with Crippen LogP contribution in [-0.2, 0) is 6.54 Å². The molecule has 0 spiro atoms. The maximum Gasteiger partial charge on any atom is 0.123 e. The van der Waals surface area contributed by atoms with Crippen LogP contribution in [0.25, 0.3) is 22.4 Å². The van der Waals surface area contributed by atoms with Crippen molar-refractivity contribution >= 4 is 5.82 Å². The number of halogens is 1. The van der Waals surface area contributed by atoms with Gasteiger partial charge in [0.05, 0.1) is 0 Å². The Morgan fingerprint density at radius 3 is 2.57 bits per heavy atom. The van der Waals surface area contributed by atoms with Crippen molar-refractivity contribution in [2.75, 3.05) is 5.73 Å². The minimum Gasteiger partial charge on any atom is -0.384 e. The summed E-state index contributed by atoms with van der Waals surface area (Å²) in [5, 5.41) is 4.57. The van der Waals surface area contributed by atoms with Gasteiger partial charge in [-0.1, -0.05) is 0 Å². The third kappa shape index (κ3) is 2.63. The fourth-order valence-electron chi connectivity index (χ4n) is 2.23. The van der Waals surface area contributed by atoms with E-state index in [0.717, 1.165) is 28.9 Å². The van der Waals surface area contributed by atoms with Crippen molar-refractivity contribution in [3.8, 4) is 22.4 Å². The zero-order valence-electron chi connectivity index (χ0n) is 11.6. The molecular weight excluding hydrogens is 267 g/mol. The molecule has 0 aliphatic heterocycles. The zero-order valence-corrected chi connectivity index (χ0v) is 11.6. The molecule has 3 aromatic rings. The summed E-state index contributed by atoms with van der Waals surface area (Å²) in [7, 11) is 0. The summed E-state index contributed by atoms with van der Waals surface area (Å²) < 4.78 is 15.0. The lowest BCUT2D eigenvalue weighted by Crippen LogP contribution is -1.93. The van der Waals surface area contributed by atoms with Gasteiger partial charge in [0.1, 0.15) is 17.3 Å². The fraction of sp³-hybridized carbons (Fsp3) is 0.125. The highest BCUT2D eigenvalue weighted by molar-refractivity contribution is 5.81. The number of hydrogen-bond donors (Lipinski definition) is 1. The first-order valence-electron chi connectivity index (χ1n) is 6.72. The predicted molar refractivity (Wildman–Crippen MR) is 80.9 cm³/mol. The van der Waals surface area contributed by atoms with Crippen LogP contribution in [-0.4, -0.2) is 14.8 Å². The quantitative estimate of drug-likeness (QED) is 0.801. The van der Waals surface area contributed by atoms with E-state index in [2.05, 4.69) is 10.1 Å². The van der Waals surface area contributed by atoms with Gasteiger partial charge in [-0.3, -0.25) is 4.68 Å². The number of nitrogen functional groups attached to an aromatic ring is 1. The molecule has 3 rings (SSSR count). The van der Waals surface area contributed by atoms with Crippen LogP contribution in [0.3, 0.4) is 0 Å². The SMILES string of the molecule is CCn1cc(-c2ccnc(N)c2)c(-c2ccc(F)cc2)n1. The normalized spacial score (nSPS) is 10.8. The van der Waals surface area contributed by atoms with E-state index in [9.17, 15) is 4.39 Å². The van der Waals surface area contributed by atoms with Crippen molar-refractivity contribution in [1.82, 2.24) is 14.8 Å². The summed E-state index contributed by atoms with van der Waals surface area (Å²) >= 11 is 0. The molecule has 4 nitrogen and oxygen atoms in total. The van der Waals surface area contributed by atoms with Crippen LogP contribution >= 0.6 is 0 Å². The predicted octanol–water partition coefficient (Wildman–Crippen LogP) is 3.35. The van der Waals surface area contributed by atoms with Gasteiger partial charge < -0.3 is 5.73 Å². The summed E-state index contributed by atoms with van der Waals surface area (Å²) in [6, 6.07) is 10.0. The molecule has 5 heteroatoms. The van der Waals surface area contributed by atoms with Crippen molar-refractivity contribution < 1.29 is 4.39 Å². The molecule has 1 aromatic carbocycles. The molecular formula is C16H15FN4. The van der Waals surface area contributed by atoms with Crippen LogP contribution in [0.1, 0.15) is 6.92 Å². The Kier molecular flexibility index (Phi) is 3.39. The Labute approximate surface area is 122 Å². The van der Waals surface area contributed by atoms with Gasteiger partial charge in [-0.15, -0.1) is 0 Å². The summed E-state index contributed by atoms with van der Waals surface area (Å²) in [5.74, 6) is 0.199. The Morgan fingerprint density at radius 2 is 1.90 bits per heavy atom. The van der Waals surface area contributed by atoms with Gasteiger partial charge in [-0.05, 0) is 48.9 Å². The summed E-state index contributed by atoms with van der Waals surface area (Å²) in [4.78, 5) is 4.01. The van der Waals surface area contributed by atoms with Crippen molar-refractivity contribution in [1.29, 1.82) is 0 Å². The Morgan fingerprint density at radius 1 is 1.14 bits per heavy atom. The molecule has 0 saturated heterocycles. The molecule has 106 valence electrons. The van der Waals surface area contributed by atoms with E-state index < -0.39 is 0 Å².